The summed E-state index contributed by atoms with van der Waals surface area (Å²) < 4.78 is 5.29. The maximum atomic E-state index is 5.29. The van der Waals surface area contributed by atoms with E-state index in [2.05, 4.69) is 18.2 Å². The summed E-state index contributed by atoms with van der Waals surface area (Å²) in [6.45, 7) is 0. The van der Waals surface area contributed by atoms with Gasteiger partial charge in [-0.15, -0.1) is 0 Å². The quantitative estimate of drug-likeness (QED) is 0.677. The van der Waals surface area contributed by atoms with Gasteiger partial charge in [-0.2, -0.15) is 0 Å². The van der Waals surface area contributed by atoms with E-state index < -0.39 is 0 Å². The van der Waals surface area contributed by atoms with E-state index in [0.29, 0.717) is 0 Å². The Kier molecular flexibility index (Phi) is 2.19. The van der Waals surface area contributed by atoms with Crippen LogP contribution >= 0.6 is 0 Å². The van der Waals surface area contributed by atoms with Crippen molar-refractivity contribution in [3.63, 3.8) is 0 Å². The van der Waals surface area contributed by atoms with Crippen molar-refractivity contribution in [1.82, 2.24) is 0 Å². The van der Waals surface area contributed by atoms with Crippen LogP contribution in [-0.4, -0.2) is 7.11 Å². The van der Waals surface area contributed by atoms with Crippen LogP contribution in [0.2, 0.25) is 0 Å². The fourth-order valence-corrected chi connectivity index (χ4v) is 3.39. The Hall–Kier alpha value is -0.980. The van der Waals surface area contributed by atoms with Gasteiger partial charge in [0.2, 0.25) is 0 Å². The van der Waals surface area contributed by atoms with E-state index >= 15 is 0 Å². The standard InChI is InChI=1S/C14H18O/c1-15-12-6-7-14-11(9-12)8-10-4-2-3-5-13(10)14/h6-7,9-10,13H,2-5,8H2,1H3/t10-,13-/m0/s1. The smallest absolute Gasteiger partial charge is 0.119 e. The summed E-state index contributed by atoms with van der Waals surface area (Å²) in [5, 5.41) is 0. The zero-order chi connectivity index (χ0) is 10.3. The Morgan fingerprint density at radius 2 is 2.07 bits per heavy atom. The van der Waals surface area contributed by atoms with E-state index in [1.807, 2.05) is 0 Å². The van der Waals surface area contributed by atoms with Crippen LogP contribution in [0, 0.1) is 5.92 Å². The number of hydrogen-bond acceptors (Lipinski definition) is 1. The fraction of sp³-hybridized carbons (Fsp3) is 0.571. The first-order chi connectivity index (χ1) is 7.38. The molecule has 1 saturated carbocycles. The molecule has 2 atom stereocenters. The van der Waals surface area contributed by atoms with E-state index in [0.717, 1.165) is 17.6 Å². The molecule has 1 aromatic rings. The van der Waals surface area contributed by atoms with Gasteiger partial charge in [-0.3, -0.25) is 0 Å². The number of hydrogen-bond donors (Lipinski definition) is 0. The van der Waals surface area contributed by atoms with Crippen LogP contribution in [0.25, 0.3) is 0 Å². The van der Waals surface area contributed by atoms with Crippen molar-refractivity contribution >= 4 is 0 Å². The third-order valence-electron chi connectivity index (χ3n) is 4.14. The highest BCUT2D eigenvalue weighted by atomic mass is 16.5. The normalized spacial score (nSPS) is 28.3. The van der Waals surface area contributed by atoms with Crippen LogP contribution < -0.4 is 4.74 Å². The Bertz CT molecular complexity index is 370. The molecule has 2 aliphatic carbocycles. The zero-order valence-electron chi connectivity index (χ0n) is 9.33. The van der Waals surface area contributed by atoms with Crippen LogP contribution in [-0.2, 0) is 6.42 Å². The minimum atomic E-state index is 0.861. The highest BCUT2D eigenvalue weighted by Gasteiger charge is 2.33. The summed E-state index contributed by atoms with van der Waals surface area (Å²) in [7, 11) is 1.75. The molecule has 3 rings (SSSR count). The summed E-state index contributed by atoms with van der Waals surface area (Å²) >= 11 is 0. The molecule has 0 bridgehead atoms. The van der Waals surface area contributed by atoms with Crippen LogP contribution in [0.5, 0.6) is 5.75 Å². The topological polar surface area (TPSA) is 9.23 Å². The molecule has 0 amide bonds. The molecule has 15 heavy (non-hydrogen) atoms. The van der Waals surface area contributed by atoms with E-state index in [1.165, 1.54) is 32.1 Å². The second kappa shape index (κ2) is 3.55. The molecular formula is C14H18O. The van der Waals surface area contributed by atoms with Gasteiger partial charge in [0, 0.05) is 0 Å². The van der Waals surface area contributed by atoms with Gasteiger partial charge in [-0.25, -0.2) is 0 Å². The van der Waals surface area contributed by atoms with Crippen molar-refractivity contribution in [2.45, 2.75) is 38.0 Å². The summed E-state index contributed by atoms with van der Waals surface area (Å²) in [6.07, 6.45) is 6.99. The third-order valence-corrected chi connectivity index (χ3v) is 4.14. The molecule has 2 aliphatic rings. The maximum absolute atomic E-state index is 5.29. The zero-order valence-corrected chi connectivity index (χ0v) is 9.33. The number of ether oxygens (including phenoxy) is 1. The lowest BCUT2D eigenvalue weighted by Gasteiger charge is -2.25. The van der Waals surface area contributed by atoms with Gasteiger partial charge in [-0.1, -0.05) is 18.9 Å². The SMILES string of the molecule is COc1ccc2c(c1)C[C@@H]1CCCC[C@H]21. The molecule has 0 N–H and O–H groups in total. The average molecular weight is 202 g/mol. The molecular weight excluding hydrogens is 184 g/mol. The van der Waals surface area contributed by atoms with Crippen molar-refractivity contribution in [1.29, 1.82) is 0 Å². The van der Waals surface area contributed by atoms with E-state index in [4.69, 9.17) is 4.74 Å². The Labute approximate surface area is 91.5 Å². The van der Waals surface area contributed by atoms with Crippen LogP contribution in [0.3, 0.4) is 0 Å². The lowest BCUT2D eigenvalue weighted by atomic mass is 9.80. The van der Waals surface area contributed by atoms with Gasteiger partial charge >= 0.3 is 0 Å². The first kappa shape index (κ1) is 9.26. The summed E-state index contributed by atoms with van der Waals surface area (Å²) in [5.74, 6) is 2.81. The van der Waals surface area contributed by atoms with Gasteiger partial charge in [0.1, 0.15) is 5.75 Å². The highest BCUT2D eigenvalue weighted by Crippen LogP contribution is 2.47. The molecule has 1 heteroatoms. The predicted molar refractivity (Wildman–Crippen MR) is 61.4 cm³/mol. The van der Waals surface area contributed by atoms with Crippen LogP contribution in [0.15, 0.2) is 18.2 Å². The van der Waals surface area contributed by atoms with Crippen molar-refractivity contribution in [2.24, 2.45) is 5.92 Å². The van der Waals surface area contributed by atoms with Gasteiger partial charge < -0.3 is 4.74 Å². The third kappa shape index (κ3) is 1.45. The Morgan fingerprint density at radius 1 is 1.20 bits per heavy atom. The molecule has 1 fully saturated rings. The second-order valence-corrected chi connectivity index (χ2v) is 4.92. The predicted octanol–water partition coefficient (Wildman–Crippen LogP) is 3.53. The molecule has 1 nitrogen and oxygen atoms in total. The van der Waals surface area contributed by atoms with Gasteiger partial charge in [-0.05, 0) is 54.4 Å². The van der Waals surface area contributed by atoms with Crippen LogP contribution in [0.1, 0.15) is 42.7 Å². The molecule has 0 unspecified atom stereocenters. The van der Waals surface area contributed by atoms with Gasteiger partial charge in [0.05, 0.1) is 7.11 Å². The Balaban J connectivity index is 1.96. The van der Waals surface area contributed by atoms with E-state index in [9.17, 15) is 0 Å². The largest absolute Gasteiger partial charge is 0.497 e. The summed E-state index contributed by atoms with van der Waals surface area (Å²) in [6, 6.07) is 6.66. The monoisotopic (exact) mass is 202 g/mol. The lowest BCUT2D eigenvalue weighted by molar-refractivity contribution is 0.330. The summed E-state index contributed by atoms with van der Waals surface area (Å²) in [4.78, 5) is 0. The molecule has 80 valence electrons. The number of benzene rings is 1. The minimum Gasteiger partial charge on any atom is -0.497 e. The molecule has 0 heterocycles. The molecule has 0 aromatic heterocycles. The first-order valence-electron chi connectivity index (χ1n) is 6.05. The van der Waals surface area contributed by atoms with Crippen molar-refractivity contribution in [3.05, 3.63) is 29.3 Å². The van der Waals surface area contributed by atoms with Gasteiger partial charge in [0.25, 0.3) is 0 Å². The lowest BCUT2D eigenvalue weighted by Crippen LogP contribution is -2.12. The van der Waals surface area contributed by atoms with E-state index in [1.54, 1.807) is 18.2 Å². The van der Waals surface area contributed by atoms with E-state index in [-0.39, 0.29) is 0 Å². The van der Waals surface area contributed by atoms with Crippen molar-refractivity contribution < 1.29 is 4.74 Å². The molecule has 1 aromatic carbocycles. The first-order valence-corrected chi connectivity index (χ1v) is 6.05. The number of methoxy groups -OCH3 is 1. The molecule has 0 spiro atoms. The second-order valence-electron chi connectivity index (χ2n) is 4.92. The number of rotatable bonds is 1. The van der Waals surface area contributed by atoms with Crippen LogP contribution in [0.4, 0.5) is 0 Å². The Morgan fingerprint density at radius 3 is 2.93 bits per heavy atom. The minimum absolute atomic E-state index is 0.861. The molecule has 0 saturated heterocycles. The average Bonchev–Trinajstić information content (AvgIpc) is 2.66. The maximum Gasteiger partial charge on any atom is 0.119 e. The molecule has 0 aliphatic heterocycles. The number of fused-ring (bicyclic) bond motifs is 3. The van der Waals surface area contributed by atoms with Crippen molar-refractivity contribution in [2.75, 3.05) is 7.11 Å². The molecule has 0 radical (unpaired) electrons. The summed E-state index contributed by atoms with van der Waals surface area (Å²) in [5.41, 5.74) is 3.16. The van der Waals surface area contributed by atoms with Crippen molar-refractivity contribution in [3.8, 4) is 5.75 Å². The fourth-order valence-electron chi connectivity index (χ4n) is 3.39. The van der Waals surface area contributed by atoms with Gasteiger partial charge in [0.15, 0.2) is 0 Å². The highest BCUT2D eigenvalue weighted by molar-refractivity contribution is 5.42.